The van der Waals surface area contributed by atoms with Crippen LogP contribution in [0.25, 0.3) is 44.5 Å². The number of anilines is 9. The van der Waals surface area contributed by atoms with Crippen LogP contribution in [-0.4, -0.2) is 0 Å². The van der Waals surface area contributed by atoms with Crippen molar-refractivity contribution in [2.24, 2.45) is 0 Å². The number of benzene rings is 12. The summed E-state index contributed by atoms with van der Waals surface area (Å²) in [6.07, 6.45) is 0. The molecule has 0 aliphatic heterocycles. The minimum atomic E-state index is -0.609. The molecule has 12 rings (SSSR count). The van der Waals surface area contributed by atoms with Gasteiger partial charge in [0.25, 0.3) is 0 Å². The molecule has 0 N–H and O–H groups in total. The van der Waals surface area contributed by atoms with Gasteiger partial charge in [0.05, 0.1) is 30.8 Å². The predicted molar refractivity (Wildman–Crippen MR) is 380 cm³/mol. The highest BCUT2D eigenvalue weighted by molar-refractivity contribution is 6.31. The van der Waals surface area contributed by atoms with E-state index in [2.05, 4.69) is 158 Å². The molecule has 0 aromatic heterocycles. The monoisotopic (exact) mass is 1190 g/mol. The molecule has 0 heterocycles. The molecule has 0 radical (unpaired) electrons. The number of rotatable bonds is 15. The Hall–Kier alpha value is -9.87. The maximum absolute atomic E-state index is 10.2. The van der Waals surface area contributed by atoms with Crippen molar-refractivity contribution >= 4 is 62.8 Å². The summed E-state index contributed by atoms with van der Waals surface area (Å²) in [5.41, 5.74) is 12.6. The van der Waals surface area contributed by atoms with Crippen molar-refractivity contribution in [3.8, 4) is 56.0 Å². The zero-order chi connectivity index (χ0) is 70.6. The van der Waals surface area contributed by atoms with Crippen LogP contribution >= 0.6 is 11.6 Å². The minimum absolute atomic E-state index is 0.0225. The fraction of sp³-hybridized carbons (Fsp3) is 0.143. The Morgan fingerprint density at radius 1 is 0.326 bits per heavy atom. The van der Waals surface area contributed by atoms with Gasteiger partial charge in [0, 0.05) is 67.5 Å². The van der Waals surface area contributed by atoms with E-state index < -0.39 is 17.5 Å². The summed E-state index contributed by atoms with van der Waals surface area (Å²) < 4.78 is 98.6. The number of para-hydroxylation sites is 3. The molecular weight excluding hydrogens is 1100 g/mol. The van der Waals surface area contributed by atoms with Crippen LogP contribution in [0.4, 0.5) is 51.2 Å². The number of ether oxygens (including phenoxy) is 1. The third-order valence-corrected chi connectivity index (χ3v) is 16.1. The van der Waals surface area contributed by atoms with E-state index in [9.17, 15) is 4.11 Å². The van der Waals surface area contributed by atoms with Gasteiger partial charge >= 0.3 is 0 Å². The third kappa shape index (κ3) is 12.9. The molecule has 0 amide bonds. The molecule has 0 saturated heterocycles. The molecular formula is C84H76ClN3O. The molecule has 5 heteroatoms. The second-order valence-corrected chi connectivity index (χ2v) is 25.7. The van der Waals surface area contributed by atoms with Crippen molar-refractivity contribution in [2.75, 3.05) is 14.7 Å². The lowest BCUT2D eigenvalue weighted by atomic mass is 9.81. The summed E-state index contributed by atoms with van der Waals surface area (Å²) in [5, 5.41) is -0.180. The van der Waals surface area contributed by atoms with E-state index in [1.807, 2.05) is 120 Å². The van der Waals surface area contributed by atoms with E-state index in [4.69, 9.17) is 25.9 Å². The third-order valence-electron chi connectivity index (χ3n) is 15.9. The van der Waals surface area contributed by atoms with E-state index >= 15 is 0 Å². The highest BCUT2D eigenvalue weighted by Gasteiger charge is 2.33. The Kier molecular flexibility index (Phi) is 13.6. The van der Waals surface area contributed by atoms with Crippen molar-refractivity contribution in [1.29, 1.82) is 0 Å². The second kappa shape index (κ2) is 25.1. The first-order chi connectivity index (χ1) is 47.1. The molecule has 0 spiro atoms. The molecule has 4 nitrogen and oxygen atoms in total. The molecule has 0 fully saturated rings. The highest BCUT2D eigenvalue weighted by atomic mass is 35.5. The van der Waals surface area contributed by atoms with Gasteiger partial charge in [-0.2, -0.15) is 0 Å². The summed E-state index contributed by atoms with van der Waals surface area (Å²) in [7, 11) is 0. The quantitative estimate of drug-likeness (QED) is 0.102. The van der Waals surface area contributed by atoms with Gasteiger partial charge in [-0.15, -0.1) is 0 Å². The average Bonchev–Trinajstić information content (AvgIpc) is 0.736. The number of hydrogen-bond acceptors (Lipinski definition) is 4. The van der Waals surface area contributed by atoms with Gasteiger partial charge in [0.2, 0.25) is 0 Å². The van der Waals surface area contributed by atoms with E-state index in [1.165, 1.54) is 18.2 Å². The van der Waals surface area contributed by atoms with Crippen molar-refractivity contribution in [1.82, 2.24) is 0 Å². The largest absolute Gasteiger partial charge is 0.455 e. The summed E-state index contributed by atoms with van der Waals surface area (Å²) in [6.45, 7) is 19.7. The van der Waals surface area contributed by atoms with Crippen LogP contribution in [-0.2, 0) is 16.2 Å². The van der Waals surface area contributed by atoms with Crippen LogP contribution in [0.5, 0.6) is 11.5 Å². The van der Waals surface area contributed by atoms with Crippen LogP contribution in [0.3, 0.4) is 0 Å². The Morgan fingerprint density at radius 2 is 0.730 bits per heavy atom. The first-order valence-corrected chi connectivity index (χ1v) is 30.4. The maximum atomic E-state index is 10.2. The van der Waals surface area contributed by atoms with Crippen LogP contribution in [0, 0.1) is 0 Å². The average molecular weight is 1190 g/mol. The van der Waals surface area contributed by atoms with E-state index in [1.54, 1.807) is 17.0 Å². The summed E-state index contributed by atoms with van der Waals surface area (Å²) in [4.78, 5) is 5.83. The molecule has 12 aromatic carbocycles. The normalized spacial score (nSPS) is 13.3. The summed E-state index contributed by atoms with van der Waals surface area (Å²) in [5.74, 6) is 0.732. The smallest absolute Gasteiger partial charge is 0.153 e. The maximum Gasteiger partial charge on any atom is 0.153 e. The van der Waals surface area contributed by atoms with Gasteiger partial charge in [0.15, 0.2) is 5.75 Å². The zero-order valence-corrected chi connectivity index (χ0v) is 52.4. The molecule has 0 aliphatic carbocycles. The molecule has 440 valence electrons. The van der Waals surface area contributed by atoms with E-state index in [0.717, 1.165) is 66.9 Å². The van der Waals surface area contributed by atoms with Crippen molar-refractivity contribution < 1.29 is 18.4 Å². The molecule has 0 atom stereocenters. The number of nitrogens with zero attached hydrogens (tertiary/aromatic N) is 3. The molecule has 0 aliphatic rings. The van der Waals surface area contributed by atoms with Gasteiger partial charge in [-0.25, -0.2) is 0 Å². The topological polar surface area (TPSA) is 19.0 Å². The lowest BCUT2D eigenvalue weighted by Crippen LogP contribution is -2.20. The minimum Gasteiger partial charge on any atom is -0.455 e. The molecule has 0 unspecified atom stereocenters. The molecule has 0 bridgehead atoms. The number of halogens is 1. The van der Waals surface area contributed by atoms with Gasteiger partial charge in [0.1, 0.15) is 5.75 Å². The van der Waals surface area contributed by atoms with Crippen molar-refractivity contribution in [2.45, 2.75) is 78.6 Å². The zero-order valence-electron chi connectivity index (χ0n) is 61.6. The molecule has 12 aromatic rings. The van der Waals surface area contributed by atoms with Gasteiger partial charge in [-0.05, 0) is 164 Å². The Balaban J connectivity index is 1.29. The van der Waals surface area contributed by atoms with Crippen LogP contribution < -0.4 is 19.4 Å². The molecule has 89 heavy (non-hydrogen) atoms. The second-order valence-electron chi connectivity index (χ2n) is 25.3. The predicted octanol–water partition coefficient (Wildman–Crippen LogP) is 25.1. The van der Waals surface area contributed by atoms with Gasteiger partial charge in [-0.1, -0.05) is 256 Å². The van der Waals surface area contributed by atoms with Crippen molar-refractivity contribution in [3.63, 3.8) is 0 Å². The van der Waals surface area contributed by atoms with Crippen molar-refractivity contribution in [3.05, 3.63) is 319 Å². The Bertz CT molecular complexity index is 4880. The van der Waals surface area contributed by atoms with E-state index in [-0.39, 0.29) is 87.0 Å². The summed E-state index contributed by atoms with van der Waals surface area (Å²) >= 11 is 7.19. The summed E-state index contributed by atoms with van der Waals surface area (Å²) in [6, 6.07) is 73.9. The van der Waals surface area contributed by atoms with Gasteiger partial charge in [-0.3, -0.25) is 0 Å². The van der Waals surface area contributed by atoms with E-state index in [0.29, 0.717) is 34.2 Å². The SMILES string of the molecule is [2H]c1cc(N(c2ccc(N(c3cc(N(c4cc([2H])c([2H])c(Cl)c4[2H])c4c(-c5ccccc5)cc(C(C)(C)C)cc4-c4ccccc4)cc(C(C)(C)C)c3)c3c(-c4ccccc4)cc(C(C)(C)C)cc3-c3ccccc3)c(Oc3ccccc3)c2)c2cc([2H])c([2H])c([2H])c2[2H])cc([2H])c1[2H]. The Morgan fingerprint density at radius 3 is 1.20 bits per heavy atom. The fourth-order valence-electron chi connectivity index (χ4n) is 11.3. The first-order valence-electron chi connectivity index (χ1n) is 35.0. The molecule has 0 saturated carbocycles. The fourth-order valence-corrected chi connectivity index (χ4v) is 11.4. The number of hydrogen-bond donors (Lipinski definition) is 0. The Labute approximate surface area is 546 Å². The van der Waals surface area contributed by atoms with Crippen LogP contribution in [0.15, 0.2) is 297 Å². The van der Waals surface area contributed by atoms with Crippen LogP contribution in [0.2, 0.25) is 5.02 Å². The standard InChI is InChI=1S/C84H76ClN3O/c1-82(2,3)63-50-71(87(69-45-31-40-66(85)56-69)80-74(59-32-17-10-18-33-59)52-64(83(4,5)6)53-75(80)60-34-19-11-20-35-60)57-72(51-63)88(81-76(61-36-21-12-22-37-61)54-65(84(7,8)9)55-77(81)62-38-23-13-24-39-62)78-49-48-70(58-79(78)89-73-46-29-16-30-47-73)86(67-41-25-14-26-42-67)68-43-27-15-28-44-68/h10-58H,1-9H3/i14D,15D,25D,26D,27D,28D,31D,40D,41D,56D. The lowest BCUT2D eigenvalue weighted by Gasteiger charge is -2.37. The first kappa shape index (κ1) is 48.2. The van der Waals surface area contributed by atoms with Crippen LogP contribution in [0.1, 0.15) is 92.7 Å². The van der Waals surface area contributed by atoms with Gasteiger partial charge < -0.3 is 19.4 Å². The lowest BCUT2D eigenvalue weighted by molar-refractivity contribution is 0.484. The highest BCUT2D eigenvalue weighted by Crippen LogP contribution is 2.56.